The molecule has 0 saturated carbocycles. The van der Waals surface area contributed by atoms with Crippen molar-refractivity contribution in [2.45, 2.75) is 32.9 Å². The van der Waals surface area contributed by atoms with Gasteiger partial charge in [0.1, 0.15) is 0 Å². The molecular weight excluding hydrogens is 220 g/mol. The van der Waals surface area contributed by atoms with E-state index >= 15 is 0 Å². The summed E-state index contributed by atoms with van der Waals surface area (Å²) in [6.07, 6.45) is 6.70. The lowest BCUT2D eigenvalue weighted by atomic mass is 10.1. The zero-order valence-electron chi connectivity index (χ0n) is 11.1. The average Bonchev–Trinajstić information content (AvgIpc) is 2.87. The number of aromatic nitrogens is 1. The number of benzene rings is 1. The molecule has 0 radical (unpaired) electrons. The Kier molecular flexibility index (Phi) is 5.03. The molecule has 0 spiro atoms. The Morgan fingerprint density at radius 3 is 2.61 bits per heavy atom. The van der Waals surface area contributed by atoms with E-state index in [0.29, 0.717) is 0 Å². The summed E-state index contributed by atoms with van der Waals surface area (Å²) in [4.78, 5) is 0. The van der Waals surface area contributed by atoms with Crippen LogP contribution in [-0.2, 0) is 19.5 Å². The maximum atomic E-state index is 3.50. The molecule has 18 heavy (non-hydrogen) atoms. The van der Waals surface area contributed by atoms with Crippen molar-refractivity contribution < 1.29 is 0 Å². The Bertz CT molecular complexity index is 445. The van der Waals surface area contributed by atoms with Crippen LogP contribution in [0.1, 0.15) is 24.5 Å². The van der Waals surface area contributed by atoms with E-state index in [-0.39, 0.29) is 0 Å². The molecule has 1 heterocycles. The highest BCUT2D eigenvalue weighted by molar-refractivity contribution is 5.14. The third-order valence-corrected chi connectivity index (χ3v) is 3.17. The molecule has 0 amide bonds. The van der Waals surface area contributed by atoms with Gasteiger partial charge < -0.3 is 9.88 Å². The average molecular weight is 242 g/mol. The molecule has 0 unspecified atom stereocenters. The highest BCUT2D eigenvalue weighted by Gasteiger charge is 1.96. The smallest absolute Gasteiger partial charge is 0.0220 e. The molecule has 0 fully saturated rings. The molecule has 0 aliphatic heterocycles. The molecule has 1 aromatic carbocycles. The summed E-state index contributed by atoms with van der Waals surface area (Å²) in [6.45, 7) is 5.26. The van der Waals surface area contributed by atoms with Gasteiger partial charge in [-0.2, -0.15) is 0 Å². The quantitative estimate of drug-likeness (QED) is 0.738. The third-order valence-electron chi connectivity index (χ3n) is 3.17. The van der Waals surface area contributed by atoms with E-state index in [9.17, 15) is 0 Å². The van der Waals surface area contributed by atoms with Crippen LogP contribution < -0.4 is 5.32 Å². The molecule has 96 valence electrons. The Morgan fingerprint density at radius 2 is 1.89 bits per heavy atom. The molecule has 0 atom stereocenters. The van der Waals surface area contributed by atoms with Crippen molar-refractivity contribution in [2.24, 2.45) is 0 Å². The molecule has 1 N–H and O–H groups in total. The molecule has 2 heteroatoms. The monoisotopic (exact) mass is 242 g/mol. The van der Waals surface area contributed by atoms with Crippen LogP contribution in [0.15, 0.2) is 48.8 Å². The van der Waals surface area contributed by atoms with Gasteiger partial charge in [0.05, 0.1) is 0 Å². The van der Waals surface area contributed by atoms with Crippen LogP contribution in [0.3, 0.4) is 0 Å². The van der Waals surface area contributed by atoms with Gasteiger partial charge in [-0.3, -0.25) is 0 Å². The minimum Gasteiger partial charge on any atom is -0.354 e. The Hall–Kier alpha value is -1.54. The second-order valence-corrected chi connectivity index (χ2v) is 4.62. The Morgan fingerprint density at radius 1 is 1.06 bits per heavy atom. The first-order chi connectivity index (χ1) is 8.88. The van der Waals surface area contributed by atoms with E-state index in [1.54, 1.807) is 0 Å². The standard InChI is InChI=1S/C16H22N2/c1-2-18-12-10-16(14-18)13-17-11-6-9-15-7-4-3-5-8-15/h3-5,7-8,10,12,14,17H,2,6,9,11,13H2,1H3. The first kappa shape index (κ1) is 12.9. The van der Waals surface area contributed by atoms with Crippen molar-refractivity contribution in [3.8, 4) is 0 Å². The fraction of sp³-hybridized carbons (Fsp3) is 0.375. The van der Waals surface area contributed by atoms with Gasteiger partial charge >= 0.3 is 0 Å². The van der Waals surface area contributed by atoms with Gasteiger partial charge in [0.25, 0.3) is 0 Å². The van der Waals surface area contributed by atoms with Crippen LogP contribution in [0, 0.1) is 0 Å². The number of hydrogen-bond acceptors (Lipinski definition) is 1. The first-order valence-electron chi connectivity index (χ1n) is 6.78. The van der Waals surface area contributed by atoms with Crippen LogP contribution in [0.5, 0.6) is 0 Å². The van der Waals surface area contributed by atoms with Gasteiger partial charge in [0.2, 0.25) is 0 Å². The second-order valence-electron chi connectivity index (χ2n) is 4.62. The number of rotatable bonds is 7. The van der Waals surface area contributed by atoms with Crippen molar-refractivity contribution in [1.29, 1.82) is 0 Å². The van der Waals surface area contributed by atoms with Crippen LogP contribution in [0.2, 0.25) is 0 Å². The minimum absolute atomic E-state index is 0.974. The predicted octanol–water partition coefficient (Wildman–Crippen LogP) is 3.23. The molecule has 0 aliphatic carbocycles. The number of aryl methyl sites for hydroxylation is 2. The van der Waals surface area contributed by atoms with Crippen LogP contribution in [0.4, 0.5) is 0 Å². The van der Waals surface area contributed by atoms with E-state index in [1.165, 1.54) is 17.5 Å². The van der Waals surface area contributed by atoms with Gasteiger partial charge in [-0.25, -0.2) is 0 Å². The summed E-state index contributed by atoms with van der Waals surface area (Å²) in [7, 11) is 0. The van der Waals surface area contributed by atoms with E-state index in [1.807, 2.05) is 0 Å². The molecule has 2 rings (SSSR count). The van der Waals surface area contributed by atoms with Crippen LogP contribution in [-0.4, -0.2) is 11.1 Å². The number of nitrogens with zero attached hydrogens (tertiary/aromatic N) is 1. The normalized spacial score (nSPS) is 10.7. The second kappa shape index (κ2) is 7.02. The molecule has 0 bridgehead atoms. The predicted molar refractivity (Wildman–Crippen MR) is 76.6 cm³/mol. The molecule has 2 aromatic rings. The van der Waals surface area contributed by atoms with Crippen molar-refractivity contribution in [3.63, 3.8) is 0 Å². The summed E-state index contributed by atoms with van der Waals surface area (Å²) >= 11 is 0. The molecule has 1 aromatic heterocycles. The third kappa shape index (κ3) is 4.04. The minimum atomic E-state index is 0.974. The lowest BCUT2D eigenvalue weighted by molar-refractivity contribution is 0.647. The molecule has 0 aliphatic rings. The summed E-state index contributed by atoms with van der Waals surface area (Å²) in [5.74, 6) is 0. The van der Waals surface area contributed by atoms with Gasteiger partial charge in [0.15, 0.2) is 0 Å². The topological polar surface area (TPSA) is 17.0 Å². The molecule has 2 nitrogen and oxygen atoms in total. The zero-order valence-corrected chi connectivity index (χ0v) is 11.1. The van der Waals surface area contributed by atoms with Crippen molar-refractivity contribution in [2.75, 3.05) is 6.54 Å². The van der Waals surface area contributed by atoms with E-state index in [0.717, 1.165) is 26.1 Å². The van der Waals surface area contributed by atoms with Crippen molar-refractivity contribution >= 4 is 0 Å². The molecule has 0 saturated heterocycles. The summed E-state index contributed by atoms with van der Waals surface area (Å²) < 4.78 is 2.21. The first-order valence-corrected chi connectivity index (χ1v) is 6.78. The summed E-state index contributed by atoms with van der Waals surface area (Å²) in [5.41, 5.74) is 2.80. The maximum absolute atomic E-state index is 3.50. The van der Waals surface area contributed by atoms with Crippen molar-refractivity contribution in [3.05, 3.63) is 59.9 Å². The van der Waals surface area contributed by atoms with Crippen LogP contribution in [0.25, 0.3) is 0 Å². The highest BCUT2D eigenvalue weighted by Crippen LogP contribution is 2.03. The number of nitrogens with one attached hydrogen (secondary N) is 1. The van der Waals surface area contributed by atoms with Gasteiger partial charge in [-0.05, 0) is 43.5 Å². The van der Waals surface area contributed by atoms with Gasteiger partial charge in [-0.1, -0.05) is 30.3 Å². The fourth-order valence-corrected chi connectivity index (χ4v) is 2.09. The van der Waals surface area contributed by atoms with Crippen LogP contribution >= 0.6 is 0 Å². The maximum Gasteiger partial charge on any atom is 0.0220 e. The SMILES string of the molecule is CCn1ccc(CNCCCc2ccccc2)c1. The molecular formula is C16H22N2. The highest BCUT2D eigenvalue weighted by atomic mass is 14.9. The van der Waals surface area contributed by atoms with Gasteiger partial charge in [0, 0.05) is 25.5 Å². The lowest BCUT2D eigenvalue weighted by Gasteiger charge is -2.03. The van der Waals surface area contributed by atoms with Gasteiger partial charge in [-0.15, -0.1) is 0 Å². The van der Waals surface area contributed by atoms with E-state index in [2.05, 4.69) is 65.6 Å². The summed E-state index contributed by atoms with van der Waals surface area (Å²) in [5, 5.41) is 3.50. The van der Waals surface area contributed by atoms with E-state index < -0.39 is 0 Å². The lowest BCUT2D eigenvalue weighted by Crippen LogP contribution is -2.14. The Labute approximate surface area is 110 Å². The summed E-state index contributed by atoms with van der Waals surface area (Å²) in [6, 6.07) is 12.9. The zero-order chi connectivity index (χ0) is 12.6. The van der Waals surface area contributed by atoms with E-state index in [4.69, 9.17) is 0 Å². The fourth-order valence-electron chi connectivity index (χ4n) is 2.09. The van der Waals surface area contributed by atoms with Crippen molar-refractivity contribution in [1.82, 2.24) is 9.88 Å². The Balaban J connectivity index is 1.61. The number of hydrogen-bond donors (Lipinski definition) is 1. The largest absolute Gasteiger partial charge is 0.354 e.